The number of hydrogen-bond acceptors (Lipinski definition) is 6. The first-order valence-electron chi connectivity index (χ1n) is 8.96. The van der Waals surface area contributed by atoms with Crippen LogP contribution in [0.1, 0.15) is 5.76 Å². The Labute approximate surface area is 178 Å². The van der Waals surface area contributed by atoms with Crippen molar-refractivity contribution in [2.24, 2.45) is 0 Å². The van der Waals surface area contributed by atoms with Crippen LogP contribution in [0.4, 0.5) is 5.13 Å². The molecule has 1 unspecified atom stereocenters. The second-order valence-electron chi connectivity index (χ2n) is 6.48. The molecule has 1 aliphatic rings. The largest absolute Gasteiger partial charge is 0.485 e. The van der Waals surface area contributed by atoms with Gasteiger partial charge in [-0.1, -0.05) is 39.4 Å². The molecule has 0 fully saturated rings. The van der Waals surface area contributed by atoms with Crippen LogP contribution in [-0.2, 0) is 11.3 Å². The van der Waals surface area contributed by atoms with Crippen LogP contribution < -0.4 is 14.4 Å². The second kappa shape index (κ2) is 7.53. The van der Waals surface area contributed by atoms with Gasteiger partial charge in [-0.3, -0.25) is 9.69 Å². The molecule has 0 saturated carbocycles. The molecule has 1 aliphatic heterocycles. The molecule has 5 rings (SSSR count). The number of carbonyl (C=O) groups is 1. The van der Waals surface area contributed by atoms with E-state index in [1.165, 1.54) is 11.3 Å². The van der Waals surface area contributed by atoms with E-state index in [1.807, 2.05) is 42.5 Å². The van der Waals surface area contributed by atoms with E-state index in [0.717, 1.165) is 14.7 Å². The van der Waals surface area contributed by atoms with E-state index in [-0.39, 0.29) is 19.1 Å². The maximum atomic E-state index is 13.4. The molecule has 0 radical (unpaired) electrons. The fourth-order valence-corrected chi connectivity index (χ4v) is 4.64. The van der Waals surface area contributed by atoms with Gasteiger partial charge in [0, 0.05) is 4.47 Å². The monoisotopic (exact) mass is 470 g/mol. The van der Waals surface area contributed by atoms with Crippen molar-refractivity contribution in [3.63, 3.8) is 0 Å². The number of rotatable bonds is 4. The highest BCUT2D eigenvalue weighted by molar-refractivity contribution is 9.10. The topological polar surface area (TPSA) is 64.8 Å². The van der Waals surface area contributed by atoms with Gasteiger partial charge in [0.15, 0.2) is 16.6 Å². The van der Waals surface area contributed by atoms with Crippen LogP contribution in [0.3, 0.4) is 0 Å². The van der Waals surface area contributed by atoms with Crippen LogP contribution in [0, 0.1) is 0 Å². The number of fused-ring (bicyclic) bond motifs is 2. The lowest BCUT2D eigenvalue weighted by Gasteiger charge is -2.29. The van der Waals surface area contributed by atoms with Crippen molar-refractivity contribution in [3.05, 3.63) is 71.1 Å². The Morgan fingerprint density at radius 1 is 1.17 bits per heavy atom. The van der Waals surface area contributed by atoms with Crippen LogP contribution in [0.25, 0.3) is 10.2 Å². The summed E-state index contributed by atoms with van der Waals surface area (Å²) in [6.07, 6.45) is 0.822. The molecule has 1 amide bonds. The maximum Gasteiger partial charge on any atom is 0.273 e. The highest BCUT2D eigenvalue weighted by atomic mass is 79.9. The number of carbonyl (C=O) groups excluding carboxylic acids is 1. The molecule has 1 atom stereocenters. The quantitative estimate of drug-likeness (QED) is 0.418. The number of nitrogens with zero attached hydrogens (tertiary/aromatic N) is 2. The molecule has 0 saturated heterocycles. The van der Waals surface area contributed by atoms with Crippen molar-refractivity contribution in [3.8, 4) is 11.5 Å². The maximum absolute atomic E-state index is 13.4. The minimum atomic E-state index is -0.765. The molecule has 146 valence electrons. The molecule has 0 aliphatic carbocycles. The zero-order chi connectivity index (χ0) is 19.8. The molecule has 8 heteroatoms. The Morgan fingerprint density at radius 3 is 2.86 bits per heavy atom. The van der Waals surface area contributed by atoms with Gasteiger partial charge in [0.25, 0.3) is 5.91 Å². The van der Waals surface area contributed by atoms with Gasteiger partial charge < -0.3 is 13.9 Å². The Hall–Kier alpha value is -2.84. The van der Waals surface area contributed by atoms with Gasteiger partial charge in [-0.15, -0.1) is 0 Å². The van der Waals surface area contributed by atoms with E-state index in [9.17, 15) is 4.79 Å². The van der Waals surface area contributed by atoms with Crippen molar-refractivity contribution in [2.75, 3.05) is 11.5 Å². The number of furan rings is 1. The average Bonchev–Trinajstić information content (AvgIpc) is 3.40. The molecule has 0 spiro atoms. The Morgan fingerprint density at radius 2 is 2.03 bits per heavy atom. The van der Waals surface area contributed by atoms with Gasteiger partial charge in [-0.05, 0) is 42.5 Å². The highest BCUT2D eigenvalue weighted by Gasteiger charge is 2.33. The molecule has 4 aromatic rings. The van der Waals surface area contributed by atoms with Gasteiger partial charge >= 0.3 is 0 Å². The minimum Gasteiger partial charge on any atom is -0.485 e. The summed E-state index contributed by atoms with van der Waals surface area (Å²) in [5.41, 5.74) is 0.830. The zero-order valence-corrected chi connectivity index (χ0v) is 17.5. The number of hydrogen-bond donors (Lipinski definition) is 0. The van der Waals surface area contributed by atoms with Crippen molar-refractivity contribution < 1.29 is 18.7 Å². The molecule has 29 heavy (non-hydrogen) atoms. The lowest BCUT2D eigenvalue weighted by molar-refractivity contribution is -0.127. The summed E-state index contributed by atoms with van der Waals surface area (Å²) in [4.78, 5) is 19.7. The fourth-order valence-electron chi connectivity index (χ4n) is 3.11. The van der Waals surface area contributed by atoms with Crippen molar-refractivity contribution in [2.45, 2.75) is 12.6 Å². The van der Waals surface area contributed by atoms with Crippen molar-refractivity contribution in [1.82, 2.24) is 4.98 Å². The lowest BCUT2D eigenvalue weighted by Crippen LogP contribution is -2.46. The molecule has 0 N–H and O–H groups in total. The molecular weight excluding hydrogens is 456 g/mol. The Bertz CT molecular complexity index is 1170. The predicted molar refractivity (Wildman–Crippen MR) is 114 cm³/mol. The van der Waals surface area contributed by atoms with E-state index in [4.69, 9.17) is 13.9 Å². The second-order valence-corrected chi connectivity index (χ2v) is 8.40. The molecular formula is C21H15BrN2O4S. The third kappa shape index (κ3) is 3.61. The highest BCUT2D eigenvalue weighted by Crippen LogP contribution is 2.34. The number of ether oxygens (including phenoxy) is 2. The van der Waals surface area contributed by atoms with Crippen molar-refractivity contribution >= 4 is 48.5 Å². The molecule has 3 heterocycles. The van der Waals surface area contributed by atoms with E-state index in [0.29, 0.717) is 22.4 Å². The summed E-state index contributed by atoms with van der Waals surface area (Å²) in [5, 5.41) is 0.585. The molecule has 2 aromatic heterocycles. The predicted octanol–water partition coefficient (Wildman–Crippen LogP) is 5.03. The Balaban J connectivity index is 1.49. The standard InChI is InChI=1S/C21H15BrN2O4S/c22-13-7-8-15-19(10-13)29-21(23-15)24(11-14-4-3-9-26-14)20(25)18-12-27-16-5-1-2-6-17(16)28-18/h1-10,18H,11-12H2. The van der Waals surface area contributed by atoms with Crippen molar-refractivity contribution in [1.29, 1.82) is 0 Å². The van der Waals surface area contributed by atoms with E-state index in [2.05, 4.69) is 20.9 Å². The van der Waals surface area contributed by atoms with E-state index < -0.39 is 6.10 Å². The number of amides is 1. The lowest BCUT2D eigenvalue weighted by atomic mass is 10.2. The van der Waals surface area contributed by atoms with Gasteiger partial charge in [0.2, 0.25) is 6.10 Å². The average molecular weight is 471 g/mol. The number of thiazole rings is 1. The summed E-state index contributed by atoms with van der Waals surface area (Å²) >= 11 is 4.93. The van der Waals surface area contributed by atoms with Crippen LogP contribution in [0.15, 0.2) is 69.8 Å². The number of para-hydroxylation sites is 2. The SMILES string of the molecule is O=C(C1COc2ccccc2O1)N(Cc1ccco1)c1nc2ccc(Br)cc2s1. The first kappa shape index (κ1) is 18.2. The number of benzene rings is 2. The number of aromatic nitrogens is 1. The normalized spacial score (nSPS) is 15.4. The summed E-state index contributed by atoms with van der Waals surface area (Å²) in [5.74, 6) is 1.63. The molecule has 0 bridgehead atoms. The van der Waals surface area contributed by atoms with Crippen LogP contribution in [0.5, 0.6) is 11.5 Å². The summed E-state index contributed by atoms with van der Waals surface area (Å²) in [6, 6.07) is 16.8. The zero-order valence-electron chi connectivity index (χ0n) is 15.1. The van der Waals surface area contributed by atoms with Gasteiger partial charge in [0.1, 0.15) is 12.4 Å². The van der Waals surface area contributed by atoms with E-state index >= 15 is 0 Å². The summed E-state index contributed by atoms with van der Waals surface area (Å²) < 4.78 is 19.1. The third-order valence-electron chi connectivity index (χ3n) is 4.51. The molecule has 2 aromatic carbocycles. The molecule has 6 nitrogen and oxygen atoms in total. The Kier molecular flexibility index (Phi) is 4.73. The fraction of sp³-hybridized carbons (Fsp3) is 0.143. The first-order chi connectivity index (χ1) is 14.2. The van der Waals surface area contributed by atoms with Crippen LogP contribution >= 0.6 is 27.3 Å². The minimum absolute atomic E-state index is 0.140. The number of anilines is 1. The first-order valence-corrected chi connectivity index (χ1v) is 10.6. The smallest absolute Gasteiger partial charge is 0.273 e. The van der Waals surface area contributed by atoms with E-state index in [1.54, 1.807) is 23.3 Å². The van der Waals surface area contributed by atoms with Crippen LogP contribution in [-0.4, -0.2) is 23.6 Å². The summed E-state index contributed by atoms with van der Waals surface area (Å²) in [7, 11) is 0. The van der Waals surface area contributed by atoms with Crippen LogP contribution in [0.2, 0.25) is 0 Å². The third-order valence-corrected chi connectivity index (χ3v) is 6.05. The summed E-state index contributed by atoms with van der Waals surface area (Å²) in [6.45, 7) is 0.398. The van der Waals surface area contributed by atoms with Gasteiger partial charge in [0.05, 0.1) is 23.0 Å². The van der Waals surface area contributed by atoms with Gasteiger partial charge in [-0.2, -0.15) is 0 Å². The van der Waals surface area contributed by atoms with Gasteiger partial charge in [-0.25, -0.2) is 4.98 Å². The number of halogens is 1.